The normalized spacial score (nSPS) is 24.5. The van der Waals surface area contributed by atoms with Gasteiger partial charge in [-0.25, -0.2) is 0 Å². The summed E-state index contributed by atoms with van der Waals surface area (Å²) >= 11 is 0. The lowest BCUT2D eigenvalue weighted by Crippen LogP contribution is -2.49. The summed E-state index contributed by atoms with van der Waals surface area (Å²) in [6, 6.07) is 0. The van der Waals surface area contributed by atoms with Crippen molar-refractivity contribution in [1.29, 1.82) is 0 Å². The third kappa shape index (κ3) is 4.94. The number of hydrogen-bond donors (Lipinski definition) is 2. The van der Waals surface area contributed by atoms with Crippen molar-refractivity contribution in [2.24, 2.45) is 5.41 Å². The Kier molecular flexibility index (Phi) is 5.42. The van der Waals surface area contributed by atoms with Gasteiger partial charge in [-0.3, -0.25) is 0 Å². The second-order valence-corrected chi connectivity index (χ2v) is 6.54. The van der Waals surface area contributed by atoms with E-state index in [4.69, 9.17) is 0 Å². The van der Waals surface area contributed by atoms with E-state index in [9.17, 15) is 5.11 Å². The van der Waals surface area contributed by atoms with Crippen molar-refractivity contribution in [1.82, 2.24) is 10.2 Å². The average molecular weight is 242 g/mol. The smallest absolute Gasteiger partial charge is 0.0611 e. The molecule has 0 aliphatic carbocycles. The molecule has 0 bridgehead atoms. The zero-order chi connectivity index (χ0) is 12.9. The molecule has 1 saturated heterocycles. The minimum absolute atomic E-state index is 0.115. The maximum absolute atomic E-state index is 9.47. The number of nitrogens with zero attached hydrogens (tertiary/aromatic N) is 1. The molecule has 3 nitrogen and oxygen atoms in total. The summed E-state index contributed by atoms with van der Waals surface area (Å²) in [6.07, 6.45) is 3.67. The number of piperidine rings is 1. The molecule has 1 rings (SSSR count). The minimum Gasteiger partial charge on any atom is -0.394 e. The van der Waals surface area contributed by atoms with Crippen LogP contribution in [-0.4, -0.2) is 48.3 Å². The van der Waals surface area contributed by atoms with E-state index in [1.54, 1.807) is 0 Å². The van der Waals surface area contributed by atoms with Crippen LogP contribution in [0.15, 0.2) is 0 Å². The Morgan fingerprint density at radius 2 is 2.12 bits per heavy atom. The fourth-order valence-electron chi connectivity index (χ4n) is 2.79. The van der Waals surface area contributed by atoms with Gasteiger partial charge in [-0.15, -0.1) is 0 Å². The van der Waals surface area contributed by atoms with Gasteiger partial charge in [0.1, 0.15) is 0 Å². The number of aliphatic hydroxyl groups excluding tert-OH is 1. The van der Waals surface area contributed by atoms with Crippen molar-refractivity contribution in [2.45, 2.75) is 52.5 Å². The summed E-state index contributed by atoms with van der Waals surface area (Å²) in [7, 11) is 0. The number of hydrogen-bond acceptors (Lipinski definition) is 3. The highest BCUT2D eigenvalue weighted by Gasteiger charge is 2.28. The van der Waals surface area contributed by atoms with Gasteiger partial charge in [0.25, 0.3) is 0 Å². The molecule has 1 aliphatic heterocycles. The van der Waals surface area contributed by atoms with Crippen molar-refractivity contribution < 1.29 is 5.11 Å². The van der Waals surface area contributed by atoms with E-state index in [2.05, 4.69) is 37.9 Å². The van der Waals surface area contributed by atoms with Gasteiger partial charge in [-0.05, 0) is 51.2 Å². The van der Waals surface area contributed by atoms with Crippen LogP contribution in [0.1, 0.15) is 47.0 Å². The molecule has 0 radical (unpaired) electrons. The SMILES string of the molecule is CCNC(C)(CO)CCN1CCCC(C)(C)C1. The molecule has 1 heterocycles. The summed E-state index contributed by atoms with van der Waals surface area (Å²) in [5.74, 6) is 0. The predicted octanol–water partition coefficient (Wildman–Crippen LogP) is 1.86. The van der Waals surface area contributed by atoms with E-state index in [0.29, 0.717) is 5.41 Å². The summed E-state index contributed by atoms with van der Waals surface area (Å²) in [5, 5.41) is 12.9. The summed E-state index contributed by atoms with van der Waals surface area (Å²) in [4.78, 5) is 2.55. The largest absolute Gasteiger partial charge is 0.394 e. The molecule has 1 unspecified atom stereocenters. The lowest BCUT2D eigenvalue weighted by atomic mass is 9.84. The van der Waals surface area contributed by atoms with Gasteiger partial charge >= 0.3 is 0 Å². The molecular formula is C14H30N2O. The third-order valence-electron chi connectivity index (χ3n) is 3.91. The molecule has 17 heavy (non-hydrogen) atoms. The molecule has 1 atom stereocenters. The van der Waals surface area contributed by atoms with Gasteiger partial charge in [0.15, 0.2) is 0 Å². The Balaban J connectivity index is 2.38. The van der Waals surface area contributed by atoms with Crippen LogP contribution < -0.4 is 5.32 Å². The van der Waals surface area contributed by atoms with E-state index in [-0.39, 0.29) is 12.1 Å². The molecule has 0 saturated carbocycles. The predicted molar refractivity (Wildman–Crippen MR) is 73.2 cm³/mol. The molecule has 0 aromatic heterocycles. The number of nitrogens with one attached hydrogen (secondary N) is 1. The topological polar surface area (TPSA) is 35.5 Å². The van der Waals surface area contributed by atoms with E-state index in [1.165, 1.54) is 25.9 Å². The van der Waals surface area contributed by atoms with Crippen LogP contribution in [0.3, 0.4) is 0 Å². The Hall–Kier alpha value is -0.120. The van der Waals surface area contributed by atoms with Gasteiger partial charge in [-0.1, -0.05) is 20.8 Å². The van der Waals surface area contributed by atoms with Crippen molar-refractivity contribution in [3.05, 3.63) is 0 Å². The standard InChI is InChI=1S/C14H30N2O/c1-5-15-14(4,12-17)8-10-16-9-6-7-13(2,3)11-16/h15,17H,5-12H2,1-4H3. The van der Waals surface area contributed by atoms with Crippen LogP contribution >= 0.6 is 0 Å². The van der Waals surface area contributed by atoms with Crippen LogP contribution in [0.5, 0.6) is 0 Å². The summed E-state index contributed by atoms with van der Waals surface area (Å²) in [5.41, 5.74) is 0.350. The second kappa shape index (κ2) is 6.17. The van der Waals surface area contributed by atoms with Crippen LogP contribution in [0.4, 0.5) is 0 Å². The van der Waals surface area contributed by atoms with E-state index in [1.807, 2.05) is 0 Å². The van der Waals surface area contributed by atoms with Crippen LogP contribution in [-0.2, 0) is 0 Å². The Morgan fingerprint density at radius 3 is 2.65 bits per heavy atom. The molecule has 0 spiro atoms. The Labute approximate surface area is 107 Å². The van der Waals surface area contributed by atoms with E-state index < -0.39 is 0 Å². The quantitative estimate of drug-likeness (QED) is 0.746. The highest BCUT2D eigenvalue weighted by atomic mass is 16.3. The molecule has 102 valence electrons. The average Bonchev–Trinajstić information content (AvgIpc) is 2.26. The van der Waals surface area contributed by atoms with Gasteiger partial charge < -0.3 is 15.3 Å². The Morgan fingerprint density at radius 1 is 1.41 bits per heavy atom. The number of rotatable bonds is 6. The highest BCUT2D eigenvalue weighted by Crippen LogP contribution is 2.28. The van der Waals surface area contributed by atoms with Crippen LogP contribution in [0, 0.1) is 5.41 Å². The van der Waals surface area contributed by atoms with Gasteiger partial charge in [0.2, 0.25) is 0 Å². The lowest BCUT2D eigenvalue weighted by Gasteiger charge is -2.40. The maximum atomic E-state index is 9.47. The fourth-order valence-corrected chi connectivity index (χ4v) is 2.79. The molecule has 1 fully saturated rings. The highest BCUT2D eigenvalue weighted by molar-refractivity contribution is 4.85. The summed E-state index contributed by atoms with van der Waals surface area (Å²) in [6.45, 7) is 13.6. The van der Waals surface area contributed by atoms with Crippen LogP contribution in [0.2, 0.25) is 0 Å². The van der Waals surface area contributed by atoms with Gasteiger partial charge in [0.05, 0.1) is 6.61 Å². The minimum atomic E-state index is -0.115. The molecule has 3 heteroatoms. The number of likely N-dealkylation sites (tertiary alicyclic amines) is 1. The zero-order valence-electron chi connectivity index (χ0n) is 12.1. The summed E-state index contributed by atoms with van der Waals surface area (Å²) < 4.78 is 0. The van der Waals surface area contributed by atoms with Gasteiger partial charge in [0, 0.05) is 12.1 Å². The first-order valence-corrected chi connectivity index (χ1v) is 6.99. The molecule has 1 aliphatic rings. The number of aliphatic hydroxyl groups is 1. The van der Waals surface area contributed by atoms with Crippen LogP contribution in [0.25, 0.3) is 0 Å². The van der Waals surface area contributed by atoms with Crippen molar-refractivity contribution in [2.75, 3.05) is 32.8 Å². The number of likely N-dealkylation sites (N-methyl/N-ethyl adjacent to an activating group) is 1. The van der Waals surface area contributed by atoms with Crippen molar-refractivity contribution in [3.63, 3.8) is 0 Å². The lowest BCUT2D eigenvalue weighted by molar-refractivity contribution is 0.0939. The first-order valence-electron chi connectivity index (χ1n) is 6.99. The van der Waals surface area contributed by atoms with Crippen molar-refractivity contribution in [3.8, 4) is 0 Å². The van der Waals surface area contributed by atoms with Gasteiger partial charge in [-0.2, -0.15) is 0 Å². The first-order chi connectivity index (χ1) is 7.91. The second-order valence-electron chi connectivity index (χ2n) is 6.54. The molecule has 0 aromatic rings. The molecule has 0 aromatic carbocycles. The van der Waals surface area contributed by atoms with Crippen molar-refractivity contribution >= 4 is 0 Å². The third-order valence-corrected chi connectivity index (χ3v) is 3.91. The zero-order valence-corrected chi connectivity index (χ0v) is 12.1. The van der Waals surface area contributed by atoms with E-state index >= 15 is 0 Å². The first kappa shape index (κ1) is 14.9. The fraction of sp³-hybridized carbons (Fsp3) is 1.00. The molecule has 0 amide bonds. The Bertz CT molecular complexity index is 230. The maximum Gasteiger partial charge on any atom is 0.0611 e. The van der Waals surface area contributed by atoms with E-state index in [0.717, 1.165) is 19.5 Å². The molecule has 2 N–H and O–H groups in total. The monoisotopic (exact) mass is 242 g/mol. The molecular weight excluding hydrogens is 212 g/mol.